The van der Waals surface area contributed by atoms with Crippen LogP contribution in [0.4, 0.5) is 10.1 Å². The van der Waals surface area contributed by atoms with Crippen LogP contribution >= 0.6 is 11.6 Å². The molecule has 200 valence electrons. The number of halogens is 2. The summed E-state index contributed by atoms with van der Waals surface area (Å²) >= 11 is 6.05. The van der Waals surface area contributed by atoms with E-state index >= 15 is 0 Å². The van der Waals surface area contributed by atoms with Crippen molar-refractivity contribution in [3.05, 3.63) is 94.5 Å². The predicted molar refractivity (Wildman–Crippen MR) is 149 cm³/mol. The molecule has 0 saturated carbocycles. The van der Waals surface area contributed by atoms with Crippen molar-refractivity contribution in [2.24, 2.45) is 5.92 Å². The zero-order chi connectivity index (χ0) is 27.1. The van der Waals surface area contributed by atoms with Gasteiger partial charge in [0.15, 0.2) is 0 Å². The van der Waals surface area contributed by atoms with Crippen molar-refractivity contribution in [2.75, 3.05) is 37.6 Å². The summed E-state index contributed by atoms with van der Waals surface area (Å²) in [6, 6.07) is 14.7. The maximum absolute atomic E-state index is 14.5. The van der Waals surface area contributed by atoms with Gasteiger partial charge in [-0.25, -0.2) is 4.39 Å². The van der Waals surface area contributed by atoms with Crippen molar-refractivity contribution in [1.82, 2.24) is 14.8 Å². The lowest BCUT2D eigenvalue weighted by Crippen LogP contribution is -2.39. The molecule has 38 heavy (non-hydrogen) atoms. The molecule has 0 unspecified atom stereocenters. The number of aromatic nitrogens is 1. The molecule has 0 saturated heterocycles. The van der Waals surface area contributed by atoms with Crippen LogP contribution in [0.3, 0.4) is 0 Å². The second kappa shape index (κ2) is 13.0. The Bertz CT molecular complexity index is 1240. The Kier molecular flexibility index (Phi) is 9.48. The Morgan fingerprint density at radius 1 is 0.947 bits per heavy atom. The van der Waals surface area contributed by atoms with E-state index in [-0.39, 0.29) is 18.4 Å². The van der Waals surface area contributed by atoms with Crippen molar-refractivity contribution in [3.8, 4) is 0 Å². The van der Waals surface area contributed by atoms with Gasteiger partial charge in [0, 0.05) is 54.8 Å². The van der Waals surface area contributed by atoms with Gasteiger partial charge in [-0.15, -0.1) is 0 Å². The number of pyridine rings is 1. The Morgan fingerprint density at radius 2 is 1.68 bits per heavy atom. The lowest BCUT2D eigenvalue weighted by Gasteiger charge is -2.32. The molecule has 2 amide bonds. The lowest BCUT2D eigenvalue weighted by molar-refractivity contribution is 0.0733. The van der Waals surface area contributed by atoms with Crippen LogP contribution in [0.15, 0.2) is 67.0 Å². The van der Waals surface area contributed by atoms with Crippen molar-refractivity contribution in [3.63, 3.8) is 0 Å². The van der Waals surface area contributed by atoms with Gasteiger partial charge >= 0.3 is 0 Å². The van der Waals surface area contributed by atoms with Crippen LogP contribution in [0.5, 0.6) is 0 Å². The maximum atomic E-state index is 14.5. The molecular formula is C30H34ClFN4O2. The van der Waals surface area contributed by atoms with E-state index in [1.54, 1.807) is 64.7 Å². The zero-order valence-corrected chi connectivity index (χ0v) is 22.7. The number of fused-ring (bicyclic) bond motifs is 1. The highest BCUT2D eigenvalue weighted by Gasteiger charge is 2.25. The highest BCUT2D eigenvalue weighted by Crippen LogP contribution is 2.27. The average Bonchev–Trinajstić information content (AvgIpc) is 2.90. The van der Waals surface area contributed by atoms with Crippen molar-refractivity contribution in [2.45, 2.75) is 33.2 Å². The average molecular weight is 537 g/mol. The molecule has 1 aromatic heterocycles. The van der Waals surface area contributed by atoms with E-state index in [0.29, 0.717) is 46.4 Å². The number of carbonyl (C=O) groups is 2. The standard InChI is InChI=1S/C30H34ClFN4O2/c1-22(2)20-34-14-4-16-35(29(37)23-7-9-26(31)10-8-23)21-25-18-27(32)11-12-28(25)36(17-5-15-34)30(38)24-6-3-13-33-19-24/h3,6-13,18-19,22H,4-5,14-17,20-21H2,1-2H3. The SMILES string of the molecule is CC(C)CN1CCCN(C(=O)c2ccc(Cl)cc2)Cc2cc(F)ccc2N(C(=O)c2cccnc2)CCC1. The summed E-state index contributed by atoms with van der Waals surface area (Å²) in [6.07, 6.45) is 4.72. The number of anilines is 1. The first-order chi connectivity index (χ1) is 18.3. The minimum Gasteiger partial charge on any atom is -0.334 e. The van der Waals surface area contributed by atoms with Gasteiger partial charge in [-0.1, -0.05) is 25.4 Å². The molecule has 2 heterocycles. The Labute approximate surface area is 229 Å². The normalized spacial score (nSPS) is 15.5. The molecule has 6 nitrogen and oxygen atoms in total. The summed E-state index contributed by atoms with van der Waals surface area (Å²) in [5, 5.41) is 0.552. The van der Waals surface area contributed by atoms with E-state index in [4.69, 9.17) is 11.6 Å². The van der Waals surface area contributed by atoms with Crippen molar-refractivity contribution >= 4 is 29.1 Å². The van der Waals surface area contributed by atoms with E-state index in [1.165, 1.54) is 12.1 Å². The van der Waals surface area contributed by atoms with E-state index in [2.05, 4.69) is 23.7 Å². The number of rotatable bonds is 4. The first-order valence-corrected chi connectivity index (χ1v) is 13.5. The second-order valence-electron chi connectivity index (χ2n) is 10.1. The molecule has 8 heteroatoms. The third kappa shape index (κ3) is 7.17. The van der Waals surface area contributed by atoms with Gasteiger partial charge < -0.3 is 14.7 Å². The minimum atomic E-state index is -0.411. The molecule has 0 spiro atoms. The molecule has 0 atom stereocenters. The van der Waals surface area contributed by atoms with Gasteiger partial charge in [0.1, 0.15) is 5.82 Å². The number of nitrogens with zero attached hydrogens (tertiary/aromatic N) is 4. The molecule has 0 N–H and O–H groups in total. The van der Waals surface area contributed by atoms with Crippen LogP contribution in [0.1, 0.15) is 53.0 Å². The van der Waals surface area contributed by atoms with Gasteiger partial charge in [0.05, 0.1) is 5.56 Å². The van der Waals surface area contributed by atoms with Crippen molar-refractivity contribution in [1.29, 1.82) is 0 Å². The topological polar surface area (TPSA) is 56.8 Å². The van der Waals surface area contributed by atoms with Crippen LogP contribution in [0.25, 0.3) is 0 Å². The van der Waals surface area contributed by atoms with Crippen LogP contribution in [0.2, 0.25) is 5.02 Å². The minimum absolute atomic E-state index is 0.158. The summed E-state index contributed by atoms with van der Waals surface area (Å²) in [4.78, 5) is 37.2. The molecule has 0 bridgehead atoms. The fourth-order valence-corrected chi connectivity index (χ4v) is 5.03. The Morgan fingerprint density at radius 3 is 2.37 bits per heavy atom. The van der Waals surface area contributed by atoms with E-state index < -0.39 is 5.82 Å². The van der Waals surface area contributed by atoms with Gasteiger partial charge in [-0.2, -0.15) is 0 Å². The fraction of sp³-hybridized carbons (Fsp3) is 0.367. The summed E-state index contributed by atoms with van der Waals surface area (Å²) in [5.74, 6) is -0.276. The smallest absolute Gasteiger partial charge is 0.259 e. The Hall–Kier alpha value is -3.29. The fourth-order valence-electron chi connectivity index (χ4n) is 4.90. The summed E-state index contributed by atoms with van der Waals surface area (Å²) < 4.78 is 14.5. The highest BCUT2D eigenvalue weighted by molar-refractivity contribution is 6.30. The molecule has 2 aromatic carbocycles. The van der Waals surface area contributed by atoms with Gasteiger partial charge in [-0.05, 0) is 92.0 Å². The lowest BCUT2D eigenvalue weighted by atomic mass is 10.1. The van der Waals surface area contributed by atoms with Crippen LogP contribution in [-0.4, -0.2) is 59.3 Å². The van der Waals surface area contributed by atoms with Gasteiger partial charge in [-0.3, -0.25) is 14.6 Å². The quantitative estimate of drug-likeness (QED) is 0.415. The summed E-state index contributed by atoms with van der Waals surface area (Å²) in [5.41, 5.74) is 2.17. The van der Waals surface area contributed by atoms with Crippen molar-refractivity contribution < 1.29 is 14.0 Å². The number of benzene rings is 2. The third-order valence-corrected chi connectivity index (χ3v) is 6.86. The van der Waals surface area contributed by atoms with Gasteiger partial charge in [0.25, 0.3) is 11.8 Å². The largest absolute Gasteiger partial charge is 0.334 e. The molecule has 0 fully saturated rings. The van der Waals surface area contributed by atoms with Crippen LogP contribution in [-0.2, 0) is 6.54 Å². The number of hydrogen-bond donors (Lipinski definition) is 0. The van der Waals surface area contributed by atoms with E-state index in [1.807, 2.05) is 0 Å². The summed E-state index contributed by atoms with van der Waals surface area (Å²) in [6.45, 7) is 8.10. The van der Waals surface area contributed by atoms with Gasteiger partial charge in [0.2, 0.25) is 0 Å². The highest BCUT2D eigenvalue weighted by atomic mass is 35.5. The molecule has 0 aliphatic carbocycles. The molecule has 0 radical (unpaired) electrons. The zero-order valence-electron chi connectivity index (χ0n) is 21.9. The van der Waals surface area contributed by atoms with E-state index in [0.717, 1.165) is 32.5 Å². The Balaban J connectivity index is 1.73. The second-order valence-corrected chi connectivity index (χ2v) is 10.5. The number of hydrogen-bond acceptors (Lipinski definition) is 4. The van der Waals surface area contributed by atoms with E-state index in [9.17, 15) is 14.0 Å². The first-order valence-electron chi connectivity index (χ1n) is 13.1. The van der Waals surface area contributed by atoms with Crippen LogP contribution in [0, 0.1) is 11.7 Å². The molecule has 4 rings (SSSR count). The predicted octanol–water partition coefficient (Wildman–Crippen LogP) is 5.92. The van der Waals surface area contributed by atoms with Crippen LogP contribution < -0.4 is 4.90 Å². The number of carbonyl (C=O) groups excluding carboxylic acids is 2. The first kappa shape index (κ1) is 27.7. The maximum Gasteiger partial charge on any atom is 0.259 e. The number of amides is 2. The third-order valence-electron chi connectivity index (χ3n) is 6.61. The summed E-state index contributed by atoms with van der Waals surface area (Å²) in [7, 11) is 0. The monoisotopic (exact) mass is 536 g/mol. The molecule has 1 aliphatic rings. The molecule has 1 aliphatic heterocycles. The molecular weight excluding hydrogens is 503 g/mol. The molecule has 3 aromatic rings.